The summed E-state index contributed by atoms with van der Waals surface area (Å²) in [6.45, 7) is 5.41. The van der Waals surface area contributed by atoms with E-state index in [1.54, 1.807) is 34.1 Å². The third-order valence-corrected chi connectivity index (χ3v) is 10.7. The zero-order valence-corrected chi connectivity index (χ0v) is 30.0. The van der Waals surface area contributed by atoms with E-state index < -0.39 is 0 Å². The highest BCUT2D eigenvalue weighted by atomic mass is 35.5. The molecule has 13 nitrogen and oxygen atoms in total. The molecule has 1 saturated heterocycles. The van der Waals surface area contributed by atoms with Crippen LogP contribution in [0.15, 0.2) is 42.5 Å². The highest BCUT2D eigenvalue weighted by Crippen LogP contribution is 2.47. The largest absolute Gasteiger partial charge is 0.506 e. The van der Waals surface area contributed by atoms with E-state index in [0.29, 0.717) is 75.0 Å². The van der Waals surface area contributed by atoms with Gasteiger partial charge in [0.2, 0.25) is 5.75 Å². The van der Waals surface area contributed by atoms with Crippen LogP contribution in [0, 0.1) is 0 Å². The van der Waals surface area contributed by atoms with Crippen molar-refractivity contribution < 1.29 is 38.4 Å². The molecule has 0 unspecified atom stereocenters. The number of nitrogens with one attached hydrogen (secondary N) is 2. The van der Waals surface area contributed by atoms with Crippen molar-refractivity contribution in [2.24, 2.45) is 0 Å². The molecule has 8 rings (SSSR count). The summed E-state index contributed by atoms with van der Waals surface area (Å²) in [5.74, 6) is 1.36. The third kappa shape index (κ3) is 5.73. The van der Waals surface area contributed by atoms with Gasteiger partial charge >= 0.3 is 0 Å². The van der Waals surface area contributed by atoms with Crippen LogP contribution >= 0.6 is 11.6 Å². The van der Waals surface area contributed by atoms with Gasteiger partial charge in [0.05, 0.1) is 57.0 Å². The van der Waals surface area contributed by atoms with Crippen molar-refractivity contribution in [1.82, 2.24) is 14.9 Å². The van der Waals surface area contributed by atoms with Crippen molar-refractivity contribution >= 4 is 56.6 Å². The SMILES string of the molecule is COc1cc2cc(C(=O)N3C[C@@H](CCl)c4c3cc(O)c3[nH]c(C(=O)N5CCc6ccc(OCCN7CCOCC7)cc65)cc43)[nH]c2c(OC)c1OC. The summed E-state index contributed by atoms with van der Waals surface area (Å²) in [5.41, 5.74) is 4.84. The lowest BCUT2D eigenvalue weighted by Gasteiger charge is -2.26. The van der Waals surface area contributed by atoms with Gasteiger partial charge in [-0.3, -0.25) is 14.5 Å². The van der Waals surface area contributed by atoms with E-state index in [2.05, 4.69) is 14.9 Å². The van der Waals surface area contributed by atoms with Crippen LogP contribution in [0.25, 0.3) is 21.8 Å². The average Bonchev–Trinajstić information content (AvgIpc) is 3.97. The molecule has 2 amide bonds. The molecule has 52 heavy (non-hydrogen) atoms. The Kier molecular flexibility index (Phi) is 9.02. The molecular formula is C38H40ClN5O8. The number of morpholine rings is 1. The molecule has 272 valence electrons. The first-order chi connectivity index (χ1) is 25.3. The Morgan fingerprint density at radius 3 is 2.38 bits per heavy atom. The van der Waals surface area contributed by atoms with Crippen LogP contribution in [0.1, 0.15) is 38.0 Å². The molecule has 0 aliphatic carbocycles. The number of aromatic hydroxyl groups is 1. The molecule has 3 aromatic carbocycles. The monoisotopic (exact) mass is 729 g/mol. The van der Waals surface area contributed by atoms with Crippen molar-refractivity contribution in [3.63, 3.8) is 0 Å². The van der Waals surface area contributed by atoms with Crippen molar-refractivity contribution in [3.05, 3.63) is 65.0 Å². The summed E-state index contributed by atoms with van der Waals surface area (Å²) in [5, 5.41) is 12.6. The Hall–Kier alpha value is -5.11. The number of ether oxygens (including phenoxy) is 5. The minimum absolute atomic E-state index is 0.0774. The highest BCUT2D eigenvalue weighted by molar-refractivity contribution is 6.20. The Morgan fingerprint density at radius 1 is 0.885 bits per heavy atom. The number of phenols is 1. The summed E-state index contributed by atoms with van der Waals surface area (Å²) in [4.78, 5) is 40.3. The van der Waals surface area contributed by atoms with Gasteiger partial charge in [-0.15, -0.1) is 11.6 Å². The van der Waals surface area contributed by atoms with Gasteiger partial charge in [-0.2, -0.15) is 0 Å². The number of alkyl halides is 1. The van der Waals surface area contributed by atoms with Gasteiger partial charge < -0.3 is 48.6 Å². The Bertz CT molecular complexity index is 2190. The number of rotatable bonds is 10. The van der Waals surface area contributed by atoms with Gasteiger partial charge in [-0.25, -0.2) is 0 Å². The van der Waals surface area contributed by atoms with Crippen LogP contribution in [0.3, 0.4) is 0 Å². The molecule has 3 N–H and O–H groups in total. The molecule has 1 atom stereocenters. The van der Waals surface area contributed by atoms with Gasteiger partial charge in [0.1, 0.15) is 29.5 Å². The fourth-order valence-electron chi connectivity index (χ4n) is 7.71. The Labute approximate surface area is 304 Å². The van der Waals surface area contributed by atoms with Crippen LogP contribution < -0.4 is 28.7 Å². The predicted molar refractivity (Wildman–Crippen MR) is 198 cm³/mol. The standard InChI is InChI=1S/C38H40ClN5O8/c1-48-31-15-22-14-26(40-33(22)36(50-3)35(31)49-2)38(47)44-20-23(19-39)32-25-17-27(41-34(25)30(45)18-29(32)44)37(46)43-7-6-21-4-5-24(16-28(21)43)52-13-10-42-8-11-51-12-9-42/h4-5,14-18,23,40-41,45H,6-13,19-20H2,1-3H3/t23-/m1/s1. The van der Waals surface area contributed by atoms with E-state index in [-0.39, 0.29) is 35.9 Å². The number of phenolic OH excluding ortho intramolecular Hbond substituents is 1. The number of aromatic amines is 2. The second-order valence-corrected chi connectivity index (χ2v) is 13.5. The maximum atomic E-state index is 14.2. The molecule has 0 spiro atoms. The second kappa shape index (κ2) is 13.8. The summed E-state index contributed by atoms with van der Waals surface area (Å²) < 4.78 is 28.2. The lowest BCUT2D eigenvalue weighted by atomic mass is 9.98. The molecule has 3 aliphatic heterocycles. The van der Waals surface area contributed by atoms with Crippen molar-refractivity contribution in [3.8, 4) is 28.7 Å². The lowest BCUT2D eigenvalue weighted by Crippen LogP contribution is -2.38. The van der Waals surface area contributed by atoms with Crippen LogP contribution in [0.2, 0.25) is 0 Å². The molecule has 2 aromatic heterocycles. The number of hydrogen-bond donors (Lipinski definition) is 3. The number of hydrogen-bond acceptors (Lipinski definition) is 9. The quantitative estimate of drug-likeness (QED) is 0.164. The smallest absolute Gasteiger partial charge is 0.274 e. The number of aromatic nitrogens is 2. The molecule has 14 heteroatoms. The van der Waals surface area contributed by atoms with Gasteiger partial charge in [0, 0.05) is 67.4 Å². The molecule has 0 bridgehead atoms. The number of carbonyl (C=O) groups excluding carboxylic acids is 2. The highest BCUT2D eigenvalue weighted by Gasteiger charge is 2.37. The predicted octanol–water partition coefficient (Wildman–Crippen LogP) is 5.28. The van der Waals surface area contributed by atoms with Crippen molar-refractivity contribution in [2.75, 3.05) is 89.6 Å². The van der Waals surface area contributed by atoms with Crippen LogP contribution in [0.4, 0.5) is 11.4 Å². The van der Waals surface area contributed by atoms with Gasteiger partial charge in [-0.05, 0) is 41.8 Å². The van der Waals surface area contributed by atoms with E-state index in [4.69, 9.17) is 35.3 Å². The van der Waals surface area contributed by atoms with Gasteiger partial charge in [0.15, 0.2) is 11.5 Å². The molecule has 5 heterocycles. The Morgan fingerprint density at radius 2 is 1.63 bits per heavy atom. The zero-order valence-electron chi connectivity index (χ0n) is 29.2. The maximum Gasteiger partial charge on any atom is 0.274 e. The number of anilines is 2. The number of H-pyrrole nitrogens is 2. The van der Waals surface area contributed by atoms with Crippen LogP contribution in [-0.4, -0.2) is 112 Å². The van der Waals surface area contributed by atoms with Gasteiger partial charge in [0.25, 0.3) is 11.8 Å². The number of methoxy groups -OCH3 is 3. The first-order valence-corrected chi connectivity index (χ1v) is 17.8. The molecule has 0 saturated carbocycles. The molecular weight excluding hydrogens is 690 g/mol. The molecule has 0 radical (unpaired) electrons. The first-order valence-electron chi connectivity index (χ1n) is 17.3. The van der Waals surface area contributed by atoms with E-state index in [1.807, 2.05) is 18.2 Å². The fourth-order valence-corrected chi connectivity index (χ4v) is 7.96. The number of halogens is 1. The first kappa shape index (κ1) is 34.0. The second-order valence-electron chi connectivity index (χ2n) is 13.2. The lowest BCUT2D eigenvalue weighted by molar-refractivity contribution is 0.0322. The van der Waals surface area contributed by atoms with Crippen LogP contribution in [-0.2, 0) is 11.2 Å². The number of carbonyl (C=O) groups is 2. The Balaban J connectivity index is 1.08. The maximum absolute atomic E-state index is 14.2. The molecule has 5 aromatic rings. The average molecular weight is 730 g/mol. The summed E-state index contributed by atoms with van der Waals surface area (Å²) in [6, 6.07) is 12.7. The van der Waals surface area contributed by atoms with E-state index in [0.717, 1.165) is 56.1 Å². The third-order valence-electron chi connectivity index (χ3n) is 10.3. The van der Waals surface area contributed by atoms with E-state index in [9.17, 15) is 14.7 Å². The van der Waals surface area contributed by atoms with Crippen LogP contribution in [0.5, 0.6) is 28.7 Å². The number of benzene rings is 3. The topological polar surface area (TPSA) is 142 Å². The summed E-state index contributed by atoms with van der Waals surface area (Å²) in [6.07, 6.45) is 0.723. The number of amides is 2. The normalized spacial score (nSPS) is 17.1. The van der Waals surface area contributed by atoms with Crippen molar-refractivity contribution in [2.45, 2.75) is 12.3 Å². The fraction of sp³-hybridized carbons (Fsp3) is 0.368. The molecule has 3 aliphatic rings. The van der Waals surface area contributed by atoms with Crippen molar-refractivity contribution in [1.29, 1.82) is 0 Å². The summed E-state index contributed by atoms with van der Waals surface area (Å²) in [7, 11) is 4.58. The number of fused-ring (bicyclic) bond motifs is 5. The van der Waals surface area contributed by atoms with Gasteiger partial charge in [-0.1, -0.05) is 6.07 Å². The summed E-state index contributed by atoms with van der Waals surface area (Å²) >= 11 is 6.53. The zero-order chi connectivity index (χ0) is 36.1. The minimum atomic E-state index is -0.313. The molecule has 1 fully saturated rings. The minimum Gasteiger partial charge on any atom is -0.506 e. The van der Waals surface area contributed by atoms with E-state index in [1.165, 1.54) is 21.3 Å². The van der Waals surface area contributed by atoms with E-state index >= 15 is 0 Å². The number of nitrogens with zero attached hydrogens (tertiary/aromatic N) is 3.